The highest BCUT2D eigenvalue weighted by atomic mass is 32.2. The smallest absolute Gasteiger partial charge is 0.0931 e. The second-order valence-corrected chi connectivity index (χ2v) is 9.18. The summed E-state index contributed by atoms with van der Waals surface area (Å²) in [5.41, 5.74) is 1.50. The Bertz CT molecular complexity index is 566. The molecule has 30 heavy (non-hydrogen) atoms. The lowest BCUT2D eigenvalue weighted by molar-refractivity contribution is -0.0919. The van der Waals surface area contributed by atoms with Gasteiger partial charge in [0.25, 0.3) is 0 Å². The van der Waals surface area contributed by atoms with Crippen LogP contribution in [0, 0.1) is 5.41 Å². The molecule has 7 nitrogen and oxygen atoms in total. The fourth-order valence-corrected chi connectivity index (χ4v) is 3.23. The highest BCUT2D eigenvalue weighted by molar-refractivity contribution is 7.79. The van der Waals surface area contributed by atoms with Crippen molar-refractivity contribution < 1.29 is 23.4 Å². The lowest BCUT2D eigenvalue weighted by atomic mass is 9.87. The molecule has 0 bridgehead atoms. The molecule has 0 aliphatic carbocycles. The van der Waals surface area contributed by atoms with E-state index in [0.717, 1.165) is 43.5 Å². The van der Waals surface area contributed by atoms with Crippen molar-refractivity contribution in [2.24, 2.45) is 5.41 Å². The summed E-state index contributed by atoms with van der Waals surface area (Å²) in [5.74, 6) is -0.0153. The van der Waals surface area contributed by atoms with E-state index in [4.69, 9.17) is 9.57 Å². The number of ether oxygens (including phenoxy) is 1. The van der Waals surface area contributed by atoms with E-state index in [2.05, 4.69) is 32.3 Å². The first kappa shape index (κ1) is 28.8. The average Bonchev–Trinajstić information content (AvgIpc) is 2.71. The van der Waals surface area contributed by atoms with Gasteiger partial charge in [0, 0.05) is 31.2 Å². The van der Waals surface area contributed by atoms with Gasteiger partial charge in [-0.05, 0) is 44.1 Å². The summed E-state index contributed by atoms with van der Waals surface area (Å²) in [6.45, 7) is 14.4. The first-order valence-corrected chi connectivity index (χ1v) is 11.6. The van der Waals surface area contributed by atoms with Crippen LogP contribution in [0.5, 0.6) is 0 Å². The van der Waals surface area contributed by atoms with Gasteiger partial charge in [-0.3, -0.25) is 14.1 Å². The van der Waals surface area contributed by atoms with Gasteiger partial charge < -0.3 is 19.7 Å². The molecule has 0 radical (unpaired) electrons. The Morgan fingerprint density at radius 3 is 2.53 bits per heavy atom. The highest BCUT2D eigenvalue weighted by Gasteiger charge is 2.18. The molecule has 3 atom stereocenters. The average molecular weight is 446 g/mol. The number of nitrogens with zero attached hydrogens (tertiary/aromatic N) is 1. The molecular weight excluding hydrogens is 404 g/mol. The molecule has 0 fully saturated rings. The maximum Gasteiger partial charge on any atom is 0.0931 e. The second kappa shape index (κ2) is 15.6. The lowest BCUT2D eigenvalue weighted by Gasteiger charge is -2.27. The van der Waals surface area contributed by atoms with Crippen molar-refractivity contribution in [1.29, 1.82) is 0 Å². The highest BCUT2D eigenvalue weighted by Crippen LogP contribution is 2.24. The fraction of sp³-hybridized carbons (Fsp3) is 0.727. The summed E-state index contributed by atoms with van der Waals surface area (Å²) in [5, 5.41) is 14.5. The van der Waals surface area contributed by atoms with Crippen LogP contribution in [0.4, 0.5) is 0 Å². The Labute approximate surface area is 185 Å². The molecule has 0 amide bonds. The first-order chi connectivity index (χ1) is 14.1. The maximum absolute atomic E-state index is 10.8. The van der Waals surface area contributed by atoms with Crippen LogP contribution in [0.1, 0.15) is 52.9 Å². The van der Waals surface area contributed by atoms with E-state index in [1.165, 1.54) is 12.2 Å². The molecule has 0 heterocycles. The summed E-state index contributed by atoms with van der Waals surface area (Å²) >= 11 is -2.13. The van der Waals surface area contributed by atoms with Crippen molar-refractivity contribution in [3.05, 3.63) is 36.7 Å². The predicted molar refractivity (Wildman–Crippen MR) is 122 cm³/mol. The third-order valence-electron chi connectivity index (χ3n) is 5.12. The topological polar surface area (TPSA) is 94.1 Å². The normalized spacial score (nSPS) is 15.4. The Morgan fingerprint density at radius 2 is 2.03 bits per heavy atom. The number of aliphatic hydroxyl groups is 1. The summed E-state index contributed by atoms with van der Waals surface area (Å²) in [6.07, 6.45) is 8.06. The minimum atomic E-state index is -2.13. The first-order valence-electron chi connectivity index (χ1n) is 10.4. The largest absolute Gasteiger partial charge is 0.772 e. The molecule has 0 aliphatic rings. The Balaban J connectivity index is 5.00. The van der Waals surface area contributed by atoms with Crippen molar-refractivity contribution in [2.45, 2.75) is 65.0 Å². The molecular formula is C22H41N2O5S-. The molecule has 176 valence electrons. The molecule has 0 rings (SSSR count). The van der Waals surface area contributed by atoms with E-state index in [0.29, 0.717) is 0 Å². The van der Waals surface area contributed by atoms with Crippen LogP contribution in [0.25, 0.3) is 0 Å². The summed E-state index contributed by atoms with van der Waals surface area (Å²) in [7, 11) is 3.16. The second-order valence-electron chi connectivity index (χ2n) is 8.16. The van der Waals surface area contributed by atoms with Crippen LogP contribution in [-0.2, 0) is 20.7 Å². The van der Waals surface area contributed by atoms with E-state index in [1.54, 1.807) is 13.2 Å². The fourth-order valence-electron chi connectivity index (χ4n) is 2.92. The summed E-state index contributed by atoms with van der Waals surface area (Å²) in [4.78, 5) is 5.29. The SMILES string of the molecule is C=C/C(=C\CCC(CCCC(C)(C)CO)NC(=C)[C@H](C)OC)N(CCS(=O)[O-])OC. The number of aliphatic hydroxyl groups excluding tert-OH is 1. The number of rotatable bonds is 18. The number of methoxy groups -OCH3 is 1. The Kier molecular flexibility index (Phi) is 15.0. The summed E-state index contributed by atoms with van der Waals surface area (Å²) < 4.78 is 27.0. The van der Waals surface area contributed by atoms with Crippen LogP contribution in [0.15, 0.2) is 36.7 Å². The van der Waals surface area contributed by atoms with Gasteiger partial charge in [-0.1, -0.05) is 50.6 Å². The maximum atomic E-state index is 10.8. The molecule has 0 aromatic heterocycles. The zero-order valence-corrected chi connectivity index (χ0v) is 20.1. The van der Waals surface area contributed by atoms with Gasteiger partial charge in [0.15, 0.2) is 0 Å². The quantitative estimate of drug-likeness (QED) is 0.190. The van der Waals surface area contributed by atoms with E-state index in [-0.39, 0.29) is 36.5 Å². The number of allylic oxidation sites excluding steroid dienone is 2. The minimum Gasteiger partial charge on any atom is -0.772 e. The van der Waals surface area contributed by atoms with Crippen molar-refractivity contribution in [2.75, 3.05) is 33.1 Å². The Morgan fingerprint density at radius 1 is 1.37 bits per heavy atom. The van der Waals surface area contributed by atoms with Crippen LogP contribution >= 0.6 is 0 Å². The van der Waals surface area contributed by atoms with Crippen molar-refractivity contribution >= 4 is 11.1 Å². The van der Waals surface area contributed by atoms with Gasteiger partial charge in [-0.25, -0.2) is 0 Å². The number of hydroxylamine groups is 2. The molecule has 2 unspecified atom stereocenters. The third kappa shape index (κ3) is 12.5. The van der Waals surface area contributed by atoms with Gasteiger partial charge in [0.05, 0.1) is 25.5 Å². The lowest BCUT2D eigenvalue weighted by Crippen LogP contribution is -2.33. The van der Waals surface area contributed by atoms with Gasteiger partial charge in [0.1, 0.15) is 0 Å². The zero-order valence-electron chi connectivity index (χ0n) is 19.3. The third-order valence-corrected chi connectivity index (χ3v) is 5.63. The molecule has 8 heteroatoms. The molecule has 2 N–H and O–H groups in total. The molecule has 0 spiro atoms. The van der Waals surface area contributed by atoms with Crippen molar-refractivity contribution in [3.8, 4) is 0 Å². The zero-order chi connectivity index (χ0) is 23.2. The van der Waals surface area contributed by atoms with E-state index in [9.17, 15) is 13.9 Å². The van der Waals surface area contributed by atoms with E-state index >= 15 is 0 Å². The van der Waals surface area contributed by atoms with Crippen molar-refractivity contribution in [1.82, 2.24) is 10.4 Å². The standard InChI is InChI=1S/C22H42N2O5S/c1-8-21(24(29-7)15-16-30(26)27)13-9-11-20(23-18(2)19(3)28-6)12-10-14-22(4,5)17-25/h8,13,19-20,23,25H,1-2,9-12,14-17H2,3-7H3,(H,26,27)/p-1/b21-13+/t19-,20?/m0/s1. The molecule has 0 aromatic carbocycles. The van der Waals surface area contributed by atoms with E-state index in [1.807, 2.05) is 13.0 Å². The molecule has 0 saturated heterocycles. The number of hydrogen-bond donors (Lipinski definition) is 2. The van der Waals surface area contributed by atoms with Crippen LogP contribution in [0.3, 0.4) is 0 Å². The molecule has 0 aromatic rings. The van der Waals surface area contributed by atoms with Crippen molar-refractivity contribution in [3.63, 3.8) is 0 Å². The number of nitrogens with one attached hydrogen (secondary N) is 1. The predicted octanol–water partition coefficient (Wildman–Crippen LogP) is 3.27. The van der Waals surface area contributed by atoms with Gasteiger partial charge in [-0.2, -0.15) is 0 Å². The van der Waals surface area contributed by atoms with Crippen LogP contribution in [-0.4, -0.2) is 64.2 Å². The van der Waals surface area contributed by atoms with Gasteiger partial charge in [-0.15, -0.1) is 0 Å². The van der Waals surface area contributed by atoms with Crippen LogP contribution < -0.4 is 5.32 Å². The van der Waals surface area contributed by atoms with Crippen LogP contribution in [0.2, 0.25) is 0 Å². The van der Waals surface area contributed by atoms with E-state index < -0.39 is 11.1 Å². The summed E-state index contributed by atoms with van der Waals surface area (Å²) in [6, 6.07) is 0.206. The van der Waals surface area contributed by atoms with Gasteiger partial charge >= 0.3 is 0 Å². The minimum absolute atomic E-state index is 0.0153. The molecule has 0 aliphatic heterocycles. The monoisotopic (exact) mass is 445 g/mol. The number of hydrogen-bond acceptors (Lipinski definition) is 7. The molecule has 0 saturated carbocycles. The Hall–Kier alpha value is -1.19. The van der Waals surface area contributed by atoms with Gasteiger partial charge in [0.2, 0.25) is 0 Å².